The lowest BCUT2D eigenvalue weighted by molar-refractivity contribution is 0.205. The predicted molar refractivity (Wildman–Crippen MR) is 110 cm³/mol. The molecule has 0 radical (unpaired) electrons. The van der Waals surface area contributed by atoms with Crippen LogP contribution in [0, 0.1) is 0 Å². The Hall–Kier alpha value is -3.06. The van der Waals surface area contributed by atoms with Gasteiger partial charge in [-0.2, -0.15) is 0 Å². The normalized spacial score (nSPS) is 11.9. The van der Waals surface area contributed by atoms with E-state index in [0.29, 0.717) is 33.2 Å². The number of hydrogen-bond donors (Lipinski definition) is 1. The van der Waals surface area contributed by atoms with Crippen LogP contribution in [0.15, 0.2) is 47.3 Å². The van der Waals surface area contributed by atoms with E-state index in [0.717, 1.165) is 0 Å². The van der Waals surface area contributed by atoms with Crippen LogP contribution < -0.4 is 15.6 Å². The molecule has 2 aromatic carbocycles. The number of nitrogens with one attached hydrogen (secondary N) is 1. The van der Waals surface area contributed by atoms with Gasteiger partial charge in [-0.05, 0) is 49.4 Å². The van der Waals surface area contributed by atoms with Gasteiger partial charge in [-0.15, -0.1) is 0 Å². The van der Waals surface area contributed by atoms with Crippen molar-refractivity contribution in [2.45, 2.75) is 13.0 Å². The monoisotopic (exact) mass is 400 g/mol. The van der Waals surface area contributed by atoms with Crippen LogP contribution in [0.5, 0.6) is 5.75 Å². The minimum Gasteiger partial charge on any atom is -0.497 e. The molecule has 0 fully saturated rings. The number of nitrogens with zero attached hydrogens (tertiary/aromatic N) is 3. The summed E-state index contributed by atoms with van der Waals surface area (Å²) in [6.07, 6.45) is 0. The summed E-state index contributed by atoms with van der Waals surface area (Å²) in [7, 11) is 4.87. The van der Waals surface area contributed by atoms with Crippen molar-refractivity contribution >= 4 is 34.2 Å². The van der Waals surface area contributed by atoms with Crippen molar-refractivity contribution in [2.75, 3.05) is 19.5 Å². The molecule has 146 valence electrons. The van der Waals surface area contributed by atoms with E-state index in [1.165, 1.54) is 9.47 Å². The molecule has 0 aliphatic carbocycles. The van der Waals surface area contributed by atoms with Crippen molar-refractivity contribution in [3.63, 3.8) is 0 Å². The lowest BCUT2D eigenvalue weighted by Gasteiger charge is -2.26. The van der Waals surface area contributed by atoms with Gasteiger partial charge >= 0.3 is 6.03 Å². The van der Waals surface area contributed by atoms with Gasteiger partial charge in [-0.1, -0.05) is 11.6 Å². The molecule has 0 aliphatic heterocycles. The van der Waals surface area contributed by atoms with E-state index in [4.69, 9.17) is 16.3 Å². The van der Waals surface area contributed by atoms with Crippen molar-refractivity contribution < 1.29 is 9.53 Å². The second-order valence-electron chi connectivity index (χ2n) is 6.44. The van der Waals surface area contributed by atoms with Crippen LogP contribution >= 0.6 is 11.6 Å². The van der Waals surface area contributed by atoms with E-state index in [1.807, 2.05) is 6.92 Å². The fourth-order valence-corrected chi connectivity index (χ4v) is 3.04. The number of ether oxygens (including phenoxy) is 1. The summed E-state index contributed by atoms with van der Waals surface area (Å²) in [4.78, 5) is 31.4. The first-order valence-electron chi connectivity index (χ1n) is 8.66. The third-order valence-corrected chi connectivity index (χ3v) is 4.92. The van der Waals surface area contributed by atoms with Crippen molar-refractivity contribution in [3.05, 3.63) is 63.7 Å². The molecule has 2 amide bonds. The van der Waals surface area contributed by atoms with Gasteiger partial charge in [-0.3, -0.25) is 9.36 Å². The van der Waals surface area contributed by atoms with E-state index >= 15 is 0 Å². The molecule has 0 saturated carbocycles. The summed E-state index contributed by atoms with van der Waals surface area (Å²) in [6.45, 7) is 1.82. The number of carbonyl (C=O) groups is 1. The SMILES string of the molecule is COc1ccc(NC(=O)N(C)C(C)c2nc3ccc(Cl)cc3c(=O)n2C)cc1. The summed E-state index contributed by atoms with van der Waals surface area (Å²) in [5, 5.41) is 3.74. The van der Waals surface area contributed by atoms with Crippen LogP contribution in [0.4, 0.5) is 10.5 Å². The summed E-state index contributed by atoms with van der Waals surface area (Å²) in [5.41, 5.74) is 0.969. The van der Waals surface area contributed by atoms with E-state index < -0.39 is 6.04 Å². The zero-order valence-electron chi connectivity index (χ0n) is 16.1. The Labute approximate surface area is 167 Å². The smallest absolute Gasteiger partial charge is 0.322 e. The zero-order chi connectivity index (χ0) is 20.4. The molecule has 1 atom stereocenters. The molecule has 3 aromatic rings. The molecule has 28 heavy (non-hydrogen) atoms. The quantitative estimate of drug-likeness (QED) is 0.722. The highest BCUT2D eigenvalue weighted by atomic mass is 35.5. The highest BCUT2D eigenvalue weighted by Crippen LogP contribution is 2.21. The molecule has 1 aromatic heterocycles. The van der Waals surface area contributed by atoms with Gasteiger partial charge in [0.05, 0.1) is 24.1 Å². The summed E-state index contributed by atoms with van der Waals surface area (Å²) in [5.74, 6) is 1.18. The molecule has 0 saturated heterocycles. The maximum atomic E-state index is 12.7. The third kappa shape index (κ3) is 3.80. The second kappa shape index (κ2) is 7.90. The Morgan fingerprint density at radius 1 is 1.25 bits per heavy atom. The van der Waals surface area contributed by atoms with Crippen LogP contribution in [0.2, 0.25) is 5.02 Å². The van der Waals surface area contributed by atoms with Crippen LogP contribution in [-0.4, -0.2) is 34.6 Å². The Kier molecular flexibility index (Phi) is 5.56. The highest BCUT2D eigenvalue weighted by molar-refractivity contribution is 6.31. The van der Waals surface area contributed by atoms with Crippen molar-refractivity contribution in [1.29, 1.82) is 0 Å². The first kappa shape index (κ1) is 19.7. The standard InChI is InChI=1S/C20H21ClN4O3/c1-12(24(2)20(27)22-14-6-8-15(28-4)9-7-14)18-23-17-10-5-13(21)11-16(17)19(26)25(18)3/h5-12H,1-4H3,(H,22,27). The van der Waals surface area contributed by atoms with Crippen LogP contribution in [-0.2, 0) is 7.05 Å². The number of benzene rings is 2. The number of rotatable bonds is 4. The molecule has 1 unspecified atom stereocenters. The van der Waals surface area contributed by atoms with Gasteiger partial charge in [0, 0.05) is 24.8 Å². The first-order valence-corrected chi connectivity index (χ1v) is 9.03. The molecular weight excluding hydrogens is 380 g/mol. The molecule has 8 heteroatoms. The first-order chi connectivity index (χ1) is 13.3. The number of amides is 2. The molecule has 3 rings (SSSR count). The van der Waals surface area contributed by atoms with Gasteiger partial charge < -0.3 is 15.0 Å². The van der Waals surface area contributed by atoms with Gasteiger partial charge in [-0.25, -0.2) is 9.78 Å². The molecule has 7 nitrogen and oxygen atoms in total. The Balaban J connectivity index is 1.86. The van der Waals surface area contributed by atoms with Gasteiger partial charge in [0.2, 0.25) is 0 Å². The van der Waals surface area contributed by atoms with Crippen molar-refractivity contribution in [2.24, 2.45) is 7.05 Å². The predicted octanol–water partition coefficient (Wildman–Crippen LogP) is 3.82. The summed E-state index contributed by atoms with van der Waals surface area (Å²) in [6, 6.07) is 11.3. The van der Waals surface area contributed by atoms with E-state index in [2.05, 4.69) is 10.3 Å². The average molecular weight is 401 g/mol. The second-order valence-corrected chi connectivity index (χ2v) is 6.88. The number of anilines is 1. The van der Waals surface area contributed by atoms with Gasteiger partial charge in [0.25, 0.3) is 5.56 Å². The average Bonchev–Trinajstić information content (AvgIpc) is 2.70. The number of methoxy groups -OCH3 is 1. The van der Waals surface area contributed by atoms with Crippen molar-refractivity contribution in [3.8, 4) is 5.75 Å². The minimum absolute atomic E-state index is 0.210. The number of hydrogen-bond acceptors (Lipinski definition) is 4. The maximum absolute atomic E-state index is 12.7. The number of carbonyl (C=O) groups excluding carboxylic acids is 1. The largest absolute Gasteiger partial charge is 0.497 e. The zero-order valence-corrected chi connectivity index (χ0v) is 16.8. The Morgan fingerprint density at radius 2 is 1.93 bits per heavy atom. The lowest BCUT2D eigenvalue weighted by Crippen LogP contribution is -2.37. The molecule has 0 spiro atoms. The summed E-state index contributed by atoms with van der Waals surface area (Å²) < 4.78 is 6.56. The summed E-state index contributed by atoms with van der Waals surface area (Å²) >= 11 is 5.99. The minimum atomic E-state index is -0.434. The fraction of sp³-hybridized carbons (Fsp3) is 0.250. The van der Waals surface area contributed by atoms with E-state index in [1.54, 1.807) is 63.7 Å². The van der Waals surface area contributed by atoms with E-state index in [-0.39, 0.29) is 11.6 Å². The molecular formula is C20H21ClN4O3. The topological polar surface area (TPSA) is 76.5 Å². The number of aromatic nitrogens is 2. The van der Waals surface area contributed by atoms with Crippen LogP contribution in [0.3, 0.4) is 0 Å². The highest BCUT2D eigenvalue weighted by Gasteiger charge is 2.22. The number of urea groups is 1. The van der Waals surface area contributed by atoms with Crippen LogP contribution in [0.1, 0.15) is 18.8 Å². The van der Waals surface area contributed by atoms with E-state index in [9.17, 15) is 9.59 Å². The number of fused-ring (bicyclic) bond motifs is 1. The fourth-order valence-electron chi connectivity index (χ4n) is 2.87. The molecule has 0 aliphatic rings. The Morgan fingerprint density at radius 3 is 2.57 bits per heavy atom. The van der Waals surface area contributed by atoms with Crippen LogP contribution in [0.25, 0.3) is 10.9 Å². The molecule has 1 N–H and O–H groups in total. The molecule has 1 heterocycles. The third-order valence-electron chi connectivity index (χ3n) is 4.69. The Bertz CT molecular complexity index is 1080. The van der Waals surface area contributed by atoms with Crippen molar-refractivity contribution in [1.82, 2.24) is 14.5 Å². The lowest BCUT2D eigenvalue weighted by atomic mass is 10.2. The van der Waals surface area contributed by atoms with Gasteiger partial charge in [0.1, 0.15) is 11.6 Å². The maximum Gasteiger partial charge on any atom is 0.322 e. The molecule has 0 bridgehead atoms. The van der Waals surface area contributed by atoms with Gasteiger partial charge in [0.15, 0.2) is 0 Å². The number of halogens is 1.